The van der Waals surface area contributed by atoms with E-state index in [9.17, 15) is 22.8 Å². The van der Waals surface area contributed by atoms with Crippen LogP contribution in [0.4, 0.5) is 24.7 Å². The molecule has 0 fully saturated rings. The number of hydrogen-bond acceptors (Lipinski definition) is 4. The van der Waals surface area contributed by atoms with Crippen LogP contribution < -0.4 is 10.6 Å². The molecule has 150 valence electrons. The van der Waals surface area contributed by atoms with Crippen LogP contribution in [0.15, 0.2) is 42.6 Å². The molecule has 6 nitrogen and oxygen atoms in total. The minimum Gasteiger partial charge on any atom is -0.324 e. The van der Waals surface area contributed by atoms with Crippen LogP contribution in [0, 0.1) is 0 Å². The molecular weight excluding hydrogens is 397 g/mol. The zero-order chi connectivity index (χ0) is 20.9. The highest BCUT2D eigenvalue weighted by atomic mass is 35.5. The normalized spacial score (nSPS) is 12.5. The minimum atomic E-state index is -4.59. The molecule has 1 heterocycles. The summed E-state index contributed by atoms with van der Waals surface area (Å²) < 4.78 is 39.0. The maximum atomic E-state index is 13.0. The number of carbonyl (C=O) groups excluding carboxylic acids is 2. The van der Waals surface area contributed by atoms with E-state index in [0.29, 0.717) is 10.8 Å². The maximum absolute atomic E-state index is 13.0. The Hall–Kier alpha value is -2.65. The van der Waals surface area contributed by atoms with Gasteiger partial charge in [0.25, 0.3) is 0 Å². The number of carbonyl (C=O) groups is 2. The van der Waals surface area contributed by atoms with E-state index in [-0.39, 0.29) is 12.2 Å². The Balaban J connectivity index is 1.96. The molecule has 2 amide bonds. The number of likely N-dealkylation sites (N-methyl/N-ethyl adjacent to an activating group) is 1. The van der Waals surface area contributed by atoms with Gasteiger partial charge in [0.05, 0.1) is 28.9 Å². The highest BCUT2D eigenvalue weighted by molar-refractivity contribution is 6.30. The molecular formula is C18H18ClF3N4O2. The number of hydrogen-bond donors (Lipinski definition) is 2. The van der Waals surface area contributed by atoms with Gasteiger partial charge < -0.3 is 10.6 Å². The van der Waals surface area contributed by atoms with Gasteiger partial charge in [-0.15, -0.1) is 0 Å². The van der Waals surface area contributed by atoms with Crippen LogP contribution in [-0.4, -0.2) is 41.3 Å². The van der Waals surface area contributed by atoms with E-state index in [4.69, 9.17) is 11.6 Å². The Kier molecular flexibility index (Phi) is 6.98. The fraction of sp³-hybridized carbons (Fsp3) is 0.278. The summed E-state index contributed by atoms with van der Waals surface area (Å²) in [6, 6.07) is 7.03. The first-order valence-corrected chi connectivity index (χ1v) is 8.54. The number of nitrogens with zero attached hydrogens (tertiary/aromatic N) is 2. The quantitative estimate of drug-likeness (QED) is 0.756. The first kappa shape index (κ1) is 21.6. The van der Waals surface area contributed by atoms with Gasteiger partial charge in [-0.25, -0.2) is 4.98 Å². The van der Waals surface area contributed by atoms with Crippen LogP contribution >= 0.6 is 11.6 Å². The molecule has 2 aromatic rings. The van der Waals surface area contributed by atoms with Crippen molar-refractivity contribution in [2.45, 2.75) is 19.1 Å². The van der Waals surface area contributed by atoms with Crippen LogP contribution in [0.3, 0.4) is 0 Å². The van der Waals surface area contributed by atoms with E-state index < -0.39 is 29.6 Å². The Morgan fingerprint density at radius 1 is 1.18 bits per heavy atom. The van der Waals surface area contributed by atoms with Crippen molar-refractivity contribution in [3.05, 3.63) is 53.2 Å². The number of anilines is 2. The number of amides is 2. The summed E-state index contributed by atoms with van der Waals surface area (Å²) in [7, 11) is 1.51. The van der Waals surface area contributed by atoms with Gasteiger partial charge in [0.2, 0.25) is 11.8 Å². The third-order valence-electron chi connectivity index (χ3n) is 3.92. The van der Waals surface area contributed by atoms with Gasteiger partial charge in [-0.1, -0.05) is 23.7 Å². The fourth-order valence-corrected chi connectivity index (χ4v) is 2.38. The third-order valence-corrected chi connectivity index (χ3v) is 4.14. The molecule has 0 aliphatic heterocycles. The molecule has 0 saturated heterocycles. The molecule has 0 bridgehead atoms. The van der Waals surface area contributed by atoms with E-state index in [1.165, 1.54) is 42.4 Å². The molecule has 10 heteroatoms. The van der Waals surface area contributed by atoms with Gasteiger partial charge >= 0.3 is 6.18 Å². The number of rotatable bonds is 6. The lowest BCUT2D eigenvalue weighted by molar-refractivity contribution is -0.137. The average Bonchev–Trinajstić information content (AvgIpc) is 2.62. The third kappa shape index (κ3) is 5.93. The van der Waals surface area contributed by atoms with Crippen molar-refractivity contribution < 1.29 is 22.8 Å². The Labute approximate surface area is 164 Å². The summed E-state index contributed by atoms with van der Waals surface area (Å²) in [4.78, 5) is 29.7. The van der Waals surface area contributed by atoms with Gasteiger partial charge in [-0.3, -0.25) is 14.5 Å². The number of pyridine rings is 1. The zero-order valence-electron chi connectivity index (χ0n) is 15.0. The number of halogens is 4. The van der Waals surface area contributed by atoms with Crippen molar-refractivity contribution in [1.29, 1.82) is 0 Å². The second kappa shape index (κ2) is 9.03. The van der Waals surface area contributed by atoms with Crippen molar-refractivity contribution in [2.75, 3.05) is 24.2 Å². The molecule has 0 spiro atoms. The minimum absolute atomic E-state index is 0.283. The smallest absolute Gasteiger partial charge is 0.324 e. The second-order valence-corrected chi connectivity index (χ2v) is 6.47. The lowest BCUT2D eigenvalue weighted by Crippen LogP contribution is -2.43. The molecule has 1 aromatic carbocycles. The Morgan fingerprint density at radius 3 is 2.46 bits per heavy atom. The lowest BCUT2D eigenvalue weighted by Gasteiger charge is -2.23. The summed E-state index contributed by atoms with van der Waals surface area (Å²) in [5.41, 5.74) is -1.28. The number of alkyl halides is 3. The maximum Gasteiger partial charge on any atom is 0.418 e. The topological polar surface area (TPSA) is 74.3 Å². The molecule has 2 N–H and O–H groups in total. The van der Waals surface area contributed by atoms with Crippen molar-refractivity contribution in [2.24, 2.45) is 0 Å². The molecule has 1 aromatic heterocycles. The second-order valence-electron chi connectivity index (χ2n) is 6.03. The van der Waals surface area contributed by atoms with Crippen LogP contribution in [0.5, 0.6) is 0 Å². The average molecular weight is 415 g/mol. The summed E-state index contributed by atoms with van der Waals surface area (Å²) in [5, 5.41) is 5.23. The van der Waals surface area contributed by atoms with Crippen LogP contribution in [0.1, 0.15) is 12.5 Å². The first-order chi connectivity index (χ1) is 13.1. The number of aromatic nitrogens is 1. The Morgan fingerprint density at radius 2 is 1.86 bits per heavy atom. The van der Waals surface area contributed by atoms with Gasteiger partial charge in [0, 0.05) is 6.20 Å². The Bertz CT molecular complexity index is 843. The van der Waals surface area contributed by atoms with Gasteiger partial charge in [0.1, 0.15) is 5.82 Å². The van der Waals surface area contributed by atoms with Gasteiger partial charge in [-0.2, -0.15) is 13.2 Å². The first-order valence-electron chi connectivity index (χ1n) is 8.16. The largest absolute Gasteiger partial charge is 0.418 e. The van der Waals surface area contributed by atoms with E-state index in [0.717, 1.165) is 6.07 Å². The summed E-state index contributed by atoms with van der Waals surface area (Å²) in [6.07, 6.45) is -3.22. The SMILES string of the molecule is CC(C(=O)Nc1ccc(Cl)cn1)N(C)CC(=O)Nc1ccccc1C(F)(F)F. The van der Waals surface area contributed by atoms with E-state index >= 15 is 0 Å². The fourth-order valence-electron chi connectivity index (χ4n) is 2.27. The van der Waals surface area contributed by atoms with Crippen molar-refractivity contribution in [1.82, 2.24) is 9.88 Å². The van der Waals surface area contributed by atoms with Crippen LogP contribution in [-0.2, 0) is 15.8 Å². The summed E-state index contributed by atoms with van der Waals surface area (Å²) >= 11 is 5.73. The summed E-state index contributed by atoms with van der Waals surface area (Å²) in [6.45, 7) is 1.27. The molecule has 28 heavy (non-hydrogen) atoms. The monoisotopic (exact) mass is 414 g/mol. The van der Waals surface area contributed by atoms with E-state index in [1.54, 1.807) is 13.0 Å². The zero-order valence-corrected chi connectivity index (χ0v) is 15.8. The van der Waals surface area contributed by atoms with E-state index in [1.807, 2.05) is 0 Å². The predicted octanol–water partition coefficient (Wildman–Crippen LogP) is 3.65. The highest BCUT2D eigenvalue weighted by Gasteiger charge is 2.33. The lowest BCUT2D eigenvalue weighted by atomic mass is 10.1. The highest BCUT2D eigenvalue weighted by Crippen LogP contribution is 2.34. The molecule has 0 aliphatic rings. The van der Waals surface area contributed by atoms with Crippen LogP contribution in [0.2, 0.25) is 5.02 Å². The predicted molar refractivity (Wildman–Crippen MR) is 100 cm³/mol. The molecule has 1 atom stereocenters. The number of para-hydroxylation sites is 1. The van der Waals surface area contributed by atoms with E-state index in [2.05, 4.69) is 15.6 Å². The molecule has 0 aliphatic carbocycles. The number of nitrogens with one attached hydrogen (secondary N) is 2. The molecule has 2 rings (SSSR count). The molecule has 0 radical (unpaired) electrons. The van der Waals surface area contributed by atoms with Gasteiger partial charge in [0.15, 0.2) is 0 Å². The van der Waals surface area contributed by atoms with Crippen LogP contribution in [0.25, 0.3) is 0 Å². The molecule has 1 unspecified atom stereocenters. The van der Waals surface area contributed by atoms with Crippen molar-refractivity contribution >= 4 is 34.9 Å². The number of benzene rings is 1. The standard InChI is InChI=1S/C18H18ClF3N4O2/c1-11(17(28)25-15-8-7-12(19)9-23-15)26(2)10-16(27)24-14-6-4-3-5-13(14)18(20,21)22/h3-9,11H,10H2,1-2H3,(H,24,27)(H,23,25,28). The van der Waals surface area contributed by atoms with Crippen molar-refractivity contribution in [3.8, 4) is 0 Å². The summed E-state index contributed by atoms with van der Waals surface area (Å²) in [5.74, 6) is -0.817. The van der Waals surface area contributed by atoms with Gasteiger partial charge in [-0.05, 0) is 38.2 Å². The van der Waals surface area contributed by atoms with Crippen molar-refractivity contribution in [3.63, 3.8) is 0 Å². The molecule has 0 saturated carbocycles.